The third-order valence-corrected chi connectivity index (χ3v) is 8.23. The first-order chi connectivity index (χ1) is 19.6. The molecule has 0 spiro atoms. The molecular weight excluding hydrogens is 534 g/mol. The zero-order valence-electron chi connectivity index (χ0n) is 22.2. The molecule has 4 heterocycles. The number of fused-ring (bicyclic) bond motifs is 1. The molecule has 3 aromatic rings. The molecule has 3 N–H and O–H groups in total. The molecule has 3 aliphatic rings. The summed E-state index contributed by atoms with van der Waals surface area (Å²) in [4.78, 5) is 13.3. The zero-order valence-corrected chi connectivity index (χ0v) is 23.0. The van der Waals surface area contributed by atoms with Crippen LogP contribution in [0.2, 0.25) is 0 Å². The van der Waals surface area contributed by atoms with Crippen LogP contribution in [-0.2, 0) is 32.0 Å². The molecule has 3 fully saturated rings. The van der Waals surface area contributed by atoms with Gasteiger partial charge in [-0.1, -0.05) is 30.3 Å². The zero-order chi connectivity index (χ0) is 27.5. The van der Waals surface area contributed by atoms with E-state index in [0.29, 0.717) is 30.3 Å². The molecule has 1 aromatic carbocycles. The van der Waals surface area contributed by atoms with Gasteiger partial charge in [0.05, 0.1) is 30.8 Å². The van der Waals surface area contributed by atoms with Crippen molar-refractivity contribution in [1.29, 1.82) is 0 Å². The standard InChI is InChI=1S/C28H35N5O6S/c34-24-22(14-38-28(40)32-19-7-4-8-21(19)37-13-17-5-2-1-3-6-17)39-27(25(24)35)33-16-31-23-20(29-15-30-26(23)33)11-18-9-10-36-12-18/h1-3,5-6,15-16,18-19,21-22,24-25,27,34-35H,4,7-14H2,(H,32,40)/t18-,19+,21+,22?,24+,25+,27?/m0/s1. The number of benzene rings is 1. The highest BCUT2D eigenvalue weighted by atomic mass is 32.1. The van der Waals surface area contributed by atoms with Crippen molar-refractivity contribution in [2.45, 2.75) is 75.4 Å². The maximum atomic E-state index is 10.8. The molecule has 2 aromatic heterocycles. The van der Waals surface area contributed by atoms with Gasteiger partial charge in [0, 0.05) is 13.2 Å². The van der Waals surface area contributed by atoms with Crippen LogP contribution < -0.4 is 5.32 Å². The lowest BCUT2D eigenvalue weighted by Crippen LogP contribution is -2.42. The molecule has 11 nitrogen and oxygen atoms in total. The summed E-state index contributed by atoms with van der Waals surface area (Å²) in [6.45, 7) is 2.00. The van der Waals surface area contributed by atoms with Gasteiger partial charge in [0.15, 0.2) is 11.9 Å². The van der Waals surface area contributed by atoms with E-state index in [9.17, 15) is 10.2 Å². The van der Waals surface area contributed by atoms with Gasteiger partial charge in [0.25, 0.3) is 5.17 Å². The molecule has 7 atom stereocenters. The van der Waals surface area contributed by atoms with E-state index >= 15 is 0 Å². The smallest absolute Gasteiger partial charge is 0.257 e. The van der Waals surface area contributed by atoms with Gasteiger partial charge >= 0.3 is 0 Å². The fourth-order valence-corrected chi connectivity index (χ4v) is 5.99. The van der Waals surface area contributed by atoms with E-state index < -0.39 is 24.5 Å². The SMILES string of the molecule is O[C@@H]1C(COC(=S)N[C@@H]2CCC[C@H]2OCc2ccccc2)OC(n2cnc3c(C[C@@H]4CCOC4)ncnc32)[C@@H]1O. The Morgan fingerprint density at radius 1 is 1.10 bits per heavy atom. The van der Waals surface area contributed by atoms with E-state index in [0.717, 1.165) is 50.0 Å². The lowest BCUT2D eigenvalue weighted by molar-refractivity contribution is -0.0494. The van der Waals surface area contributed by atoms with Crippen LogP contribution in [0.1, 0.15) is 43.2 Å². The van der Waals surface area contributed by atoms with Gasteiger partial charge in [-0.2, -0.15) is 0 Å². The number of thiocarbonyl (C=S) groups is 1. The Morgan fingerprint density at radius 2 is 1.98 bits per heavy atom. The number of nitrogens with one attached hydrogen (secondary N) is 1. The van der Waals surface area contributed by atoms with E-state index in [4.69, 9.17) is 31.2 Å². The highest BCUT2D eigenvalue weighted by Crippen LogP contribution is 2.32. The van der Waals surface area contributed by atoms with Crippen LogP contribution in [0, 0.1) is 5.92 Å². The molecule has 6 rings (SSSR count). The van der Waals surface area contributed by atoms with Crippen molar-refractivity contribution in [3.63, 3.8) is 0 Å². The quantitative estimate of drug-likeness (QED) is 0.327. The van der Waals surface area contributed by atoms with Gasteiger partial charge in [-0.05, 0) is 55.8 Å². The van der Waals surface area contributed by atoms with Crippen LogP contribution in [0.3, 0.4) is 0 Å². The van der Waals surface area contributed by atoms with E-state index in [1.165, 1.54) is 6.33 Å². The van der Waals surface area contributed by atoms with Crippen LogP contribution in [-0.4, -0.2) is 85.2 Å². The fourth-order valence-electron chi connectivity index (χ4n) is 5.77. The molecule has 40 heavy (non-hydrogen) atoms. The number of ether oxygens (including phenoxy) is 4. The van der Waals surface area contributed by atoms with E-state index in [-0.39, 0.29) is 23.9 Å². The van der Waals surface area contributed by atoms with Gasteiger partial charge in [0.1, 0.15) is 36.8 Å². The summed E-state index contributed by atoms with van der Waals surface area (Å²) < 4.78 is 25.1. The Labute approximate surface area is 237 Å². The second-order valence-electron chi connectivity index (χ2n) is 10.7. The number of imidazole rings is 1. The Hall–Kier alpha value is -2.74. The lowest BCUT2D eigenvalue weighted by Gasteiger charge is -2.23. The Bertz CT molecular complexity index is 1290. The molecule has 1 aliphatic carbocycles. The van der Waals surface area contributed by atoms with Crippen molar-refractivity contribution in [2.75, 3.05) is 19.8 Å². The largest absolute Gasteiger partial charge is 0.468 e. The average molecular weight is 570 g/mol. The molecule has 0 radical (unpaired) electrons. The number of nitrogens with zero attached hydrogens (tertiary/aromatic N) is 4. The van der Waals surface area contributed by atoms with E-state index in [1.54, 1.807) is 10.9 Å². The third kappa shape index (κ3) is 5.97. The Morgan fingerprint density at radius 3 is 2.80 bits per heavy atom. The molecule has 2 unspecified atom stereocenters. The predicted molar refractivity (Wildman–Crippen MR) is 148 cm³/mol. The Kier molecular flexibility index (Phi) is 8.51. The average Bonchev–Trinajstić information content (AvgIpc) is 3.77. The second kappa shape index (κ2) is 12.4. The minimum atomic E-state index is -1.19. The van der Waals surface area contributed by atoms with Crippen LogP contribution in [0.5, 0.6) is 0 Å². The molecule has 2 saturated heterocycles. The summed E-state index contributed by atoms with van der Waals surface area (Å²) in [6.07, 6.45) is 3.71. The maximum absolute atomic E-state index is 10.8. The summed E-state index contributed by atoms with van der Waals surface area (Å²) >= 11 is 5.44. The highest BCUT2D eigenvalue weighted by Gasteiger charge is 2.45. The summed E-state index contributed by atoms with van der Waals surface area (Å²) in [7, 11) is 0. The number of hydrogen-bond donors (Lipinski definition) is 3. The molecule has 0 amide bonds. The number of aliphatic hydroxyl groups excluding tert-OH is 2. The van der Waals surface area contributed by atoms with Crippen LogP contribution >= 0.6 is 12.2 Å². The lowest BCUT2D eigenvalue weighted by atomic mass is 10.0. The summed E-state index contributed by atoms with van der Waals surface area (Å²) in [5.74, 6) is 0.396. The number of rotatable bonds is 9. The van der Waals surface area contributed by atoms with Gasteiger partial charge in [0.2, 0.25) is 0 Å². The topological polar surface area (TPSA) is 133 Å². The number of aromatic nitrogens is 4. The predicted octanol–water partition coefficient (Wildman–Crippen LogP) is 2.05. The number of hydrogen-bond acceptors (Lipinski definition) is 10. The molecule has 0 bridgehead atoms. The van der Waals surface area contributed by atoms with E-state index in [1.807, 2.05) is 30.3 Å². The van der Waals surface area contributed by atoms with Crippen molar-refractivity contribution in [3.8, 4) is 0 Å². The van der Waals surface area contributed by atoms with E-state index in [2.05, 4.69) is 20.3 Å². The van der Waals surface area contributed by atoms with Crippen molar-refractivity contribution in [1.82, 2.24) is 24.8 Å². The van der Waals surface area contributed by atoms with Crippen molar-refractivity contribution < 1.29 is 29.2 Å². The van der Waals surface area contributed by atoms with Crippen LogP contribution in [0.4, 0.5) is 0 Å². The van der Waals surface area contributed by atoms with Gasteiger partial charge in [-0.15, -0.1) is 0 Å². The Balaban J connectivity index is 1.03. The molecule has 2 aliphatic heterocycles. The summed E-state index contributed by atoms with van der Waals surface area (Å²) in [6, 6.07) is 10.1. The van der Waals surface area contributed by atoms with Gasteiger partial charge in [-0.3, -0.25) is 4.57 Å². The minimum Gasteiger partial charge on any atom is -0.468 e. The number of aliphatic hydroxyl groups is 2. The van der Waals surface area contributed by atoms with Crippen molar-refractivity contribution in [2.24, 2.45) is 5.92 Å². The summed E-state index contributed by atoms with van der Waals surface area (Å²) in [5.41, 5.74) is 3.16. The molecule has 12 heteroatoms. The van der Waals surface area contributed by atoms with Gasteiger partial charge < -0.3 is 34.5 Å². The highest BCUT2D eigenvalue weighted by molar-refractivity contribution is 7.80. The van der Waals surface area contributed by atoms with Crippen molar-refractivity contribution in [3.05, 3.63) is 54.2 Å². The normalized spacial score (nSPS) is 30.2. The molecule has 1 saturated carbocycles. The minimum absolute atomic E-state index is 0.0165. The summed E-state index contributed by atoms with van der Waals surface area (Å²) in [5, 5.41) is 25.1. The molecule has 214 valence electrons. The van der Waals surface area contributed by atoms with Crippen LogP contribution in [0.15, 0.2) is 43.0 Å². The first-order valence-electron chi connectivity index (χ1n) is 13.9. The fraction of sp³-hybridized carbons (Fsp3) is 0.571. The first kappa shape index (κ1) is 27.4. The molecular formula is C28H35N5O6S. The van der Waals surface area contributed by atoms with Gasteiger partial charge in [-0.25, -0.2) is 15.0 Å². The van der Waals surface area contributed by atoms with Crippen LogP contribution in [0.25, 0.3) is 11.2 Å². The van der Waals surface area contributed by atoms with Crippen molar-refractivity contribution >= 4 is 28.6 Å². The maximum Gasteiger partial charge on any atom is 0.257 e. The third-order valence-electron chi connectivity index (χ3n) is 7.99. The second-order valence-corrected chi connectivity index (χ2v) is 11.1. The first-order valence-corrected chi connectivity index (χ1v) is 14.3. The monoisotopic (exact) mass is 569 g/mol.